The lowest BCUT2D eigenvalue weighted by Gasteiger charge is -2.38. The van der Waals surface area contributed by atoms with Gasteiger partial charge in [0, 0.05) is 49.8 Å². The summed E-state index contributed by atoms with van der Waals surface area (Å²) in [4.78, 5) is 26.4. The van der Waals surface area contributed by atoms with E-state index in [2.05, 4.69) is 109 Å². The number of aldehydes is 1. The Labute approximate surface area is 317 Å². The third-order valence-corrected chi connectivity index (χ3v) is 8.88. The Bertz CT molecular complexity index is 1500. The van der Waals surface area contributed by atoms with Gasteiger partial charge in [0.1, 0.15) is 14.1 Å². The topological polar surface area (TPSA) is 124 Å². The smallest absolute Gasteiger partial charge is 0.119 e. The lowest BCUT2D eigenvalue weighted by atomic mass is 9.94. The first-order valence-electron chi connectivity index (χ1n) is 18.3. The summed E-state index contributed by atoms with van der Waals surface area (Å²) in [5.41, 5.74) is 17.5. The van der Waals surface area contributed by atoms with Crippen molar-refractivity contribution < 1.29 is 9.69 Å². The van der Waals surface area contributed by atoms with E-state index in [4.69, 9.17) is 18.5 Å². The Morgan fingerprint density at radius 2 is 1.69 bits per heavy atom. The highest BCUT2D eigenvalue weighted by Gasteiger charge is 2.34. The molecule has 0 aliphatic carbocycles. The number of aryl methyl sites for hydroxylation is 1. The van der Waals surface area contributed by atoms with Crippen LogP contribution in [0.3, 0.4) is 0 Å². The number of hydrogen-bond donors (Lipinski definition) is 5. The fourth-order valence-electron chi connectivity index (χ4n) is 6.25. The number of nitrogens with one attached hydrogen (secondary N) is 2. The van der Waals surface area contributed by atoms with E-state index in [9.17, 15) is 4.79 Å². The quantitative estimate of drug-likeness (QED) is 0.0326. The molecule has 2 radical (unpaired) electrons. The number of rotatable bonds is 17. The van der Waals surface area contributed by atoms with E-state index in [1.807, 2.05) is 24.4 Å². The van der Waals surface area contributed by atoms with Gasteiger partial charge in [-0.05, 0) is 109 Å². The molecule has 0 amide bonds. The molecule has 8 nitrogen and oxygen atoms in total. The van der Waals surface area contributed by atoms with Crippen molar-refractivity contribution in [3.63, 3.8) is 0 Å². The predicted molar refractivity (Wildman–Crippen MR) is 230 cm³/mol. The number of carbonyl (C=O) groups is 1. The van der Waals surface area contributed by atoms with Gasteiger partial charge >= 0.3 is 0 Å². The van der Waals surface area contributed by atoms with Crippen molar-refractivity contribution in [3.8, 4) is 0 Å². The number of nitrogens with zero attached hydrogens (tertiary/aromatic N) is 2. The van der Waals surface area contributed by atoms with Crippen LogP contribution in [0.25, 0.3) is 22.7 Å². The number of nitrogens with two attached hydrogens (primary N) is 2. The van der Waals surface area contributed by atoms with Crippen LogP contribution in [-0.2, 0) is 11.2 Å². The Morgan fingerprint density at radius 3 is 2.25 bits per heavy atom. The number of aromatic amines is 1. The van der Waals surface area contributed by atoms with Crippen molar-refractivity contribution in [1.29, 1.82) is 0 Å². The maximum absolute atomic E-state index is 10.1. The van der Waals surface area contributed by atoms with Gasteiger partial charge < -0.3 is 36.4 Å². The summed E-state index contributed by atoms with van der Waals surface area (Å²) < 4.78 is 0. The highest BCUT2D eigenvalue weighted by Crippen LogP contribution is 2.29. The Balaban J connectivity index is 0.000000535. The molecule has 0 saturated carbocycles. The summed E-state index contributed by atoms with van der Waals surface area (Å²) in [5, 5.41) is 4.76. The number of hydrogen-bond acceptors (Lipinski definition) is 7. The van der Waals surface area contributed by atoms with Gasteiger partial charge in [0.05, 0.1) is 23.6 Å². The van der Waals surface area contributed by atoms with E-state index in [0.29, 0.717) is 18.5 Å². The van der Waals surface area contributed by atoms with Crippen LogP contribution < -0.4 is 22.2 Å². The van der Waals surface area contributed by atoms with E-state index in [0.717, 1.165) is 84.0 Å². The molecule has 4 rings (SSSR count). The number of carbonyl (C=O) groups excluding carboxylic acids is 1. The average molecular weight is 729 g/mol. The fourth-order valence-corrected chi connectivity index (χ4v) is 6.25. The number of aromatic nitrogens is 1. The van der Waals surface area contributed by atoms with Crippen LogP contribution in [0.4, 0.5) is 0 Å². The van der Waals surface area contributed by atoms with E-state index >= 15 is 0 Å². The molecule has 10 heteroatoms. The van der Waals surface area contributed by atoms with E-state index in [-0.39, 0.29) is 12.2 Å². The van der Waals surface area contributed by atoms with Crippen molar-refractivity contribution in [2.24, 2.45) is 11.5 Å². The van der Waals surface area contributed by atoms with Crippen LogP contribution in [-0.4, -0.2) is 85.0 Å². The molecule has 3 atom stereocenters. The van der Waals surface area contributed by atoms with Gasteiger partial charge in [0.25, 0.3) is 0 Å². The second kappa shape index (κ2) is 25.4. The molecule has 2 aromatic carbocycles. The number of likely N-dealkylation sites (tertiary alicyclic amines) is 1. The molecular weight excluding hydrogens is 662 g/mol. The summed E-state index contributed by atoms with van der Waals surface area (Å²) in [6, 6.07) is 17.4. The summed E-state index contributed by atoms with van der Waals surface area (Å²) in [6.07, 6.45) is 13.4. The van der Waals surface area contributed by atoms with Crippen LogP contribution in [0, 0.1) is 0 Å². The predicted octanol–water partition coefficient (Wildman–Crippen LogP) is 7.26. The Morgan fingerprint density at radius 1 is 1.06 bits per heavy atom. The van der Waals surface area contributed by atoms with Crippen molar-refractivity contribution in [1.82, 2.24) is 20.1 Å². The molecule has 0 spiro atoms. The highest BCUT2D eigenvalue weighted by molar-refractivity contribution is 7.49. The molecule has 52 heavy (non-hydrogen) atoms. The zero-order chi connectivity index (χ0) is 39.2. The molecule has 284 valence electrons. The van der Waals surface area contributed by atoms with Gasteiger partial charge in [-0.15, -0.1) is 0 Å². The lowest BCUT2D eigenvalue weighted by molar-refractivity contribution is -0.107. The zero-order valence-electron chi connectivity index (χ0n) is 32.8. The zero-order valence-corrected chi connectivity index (χ0v) is 33.7. The normalized spacial score (nSPS) is 15.5. The maximum atomic E-state index is 10.1. The van der Waals surface area contributed by atoms with Gasteiger partial charge in [-0.1, -0.05) is 81.0 Å². The minimum absolute atomic E-state index is 0.120. The van der Waals surface area contributed by atoms with Crippen LogP contribution in [0.5, 0.6) is 0 Å². The third kappa shape index (κ3) is 16.4. The first-order chi connectivity index (χ1) is 24.8. The van der Waals surface area contributed by atoms with Gasteiger partial charge in [-0.3, -0.25) is 4.90 Å². The minimum Gasteiger partial charge on any atom is -0.401 e. The molecular formula is C42H66BN6O2P. The summed E-state index contributed by atoms with van der Waals surface area (Å²) in [7, 11) is 6.48. The molecule has 1 fully saturated rings. The monoisotopic (exact) mass is 729 g/mol. The van der Waals surface area contributed by atoms with Gasteiger partial charge in [0.15, 0.2) is 0 Å². The van der Waals surface area contributed by atoms with Crippen LogP contribution in [0.2, 0.25) is 0 Å². The Hall–Kier alpha value is -3.62. The lowest BCUT2D eigenvalue weighted by Crippen LogP contribution is -2.51. The second-order valence-corrected chi connectivity index (χ2v) is 15.2. The maximum Gasteiger partial charge on any atom is 0.119 e. The summed E-state index contributed by atoms with van der Waals surface area (Å²) >= 11 is 0. The number of unbranched alkanes of at least 4 members (excludes halogenated alkanes) is 4. The number of fused-ring (bicyclic) bond motifs is 1. The number of benzene rings is 2. The van der Waals surface area contributed by atoms with Crippen molar-refractivity contribution >= 4 is 50.4 Å². The molecule has 1 aliphatic heterocycles. The van der Waals surface area contributed by atoms with Crippen molar-refractivity contribution in [2.75, 3.05) is 26.9 Å². The molecule has 3 unspecified atom stereocenters. The fraction of sp³-hybridized carbons (Fsp3) is 0.452. The first-order valence-corrected chi connectivity index (χ1v) is 20.5. The van der Waals surface area contributed by atoms with E-state index in [1.54, 1.807) is 13.3 Å². The standard InChI is InChI=1S/C26H37N5.C13H17BO.C2H7OP.CH5N/c1-8-21-10-12-24-22(14-21)15-25(29-24)19(6)28-20(7)31(17(3)4)16-23-11-13-26(18(5)27)30(23)9-2;14-13-9-7-12(8-10-13)6-4-2-1-3-5-11-15;1-4(2)3;1-2/h8-10,12,14-15,17,20,23,26,28-29H,1-2,5-6,11,13,16,27H2,3-4,7H3;7-11H,1-6H2;3H,1-2H3;2H2,1H3. The second-order valence-electron chi connectivity index (χ2n) is 13.5. The largest absolute Gasteiger partial charge is 0.401 e. The van der Waals surface area contributed by atoms with Crippen molar-refractivity contribution in [3.05, 3.63) is 104 Å². The van der Waals surface area contributed by atoms with Gasteiger partial charge in [0.2, 0.25) is 0 Å². The van der Waals surface area contributed by atoms with Crippen LogP contribution in [0.15, 0.2) is 86.7 Å². The SMILES string of the molecule is C=Cc1ccc2[nH]c(C(=C)NC(C)N(CC3CCC(C(=C)N)N3C=C)C(C)C)cc2c1.CN.CP(C)O.[B]c1ccc(CCCCCCC=O)cc1. The molecule has 7 N–H and O–H groups in total. The molecule has 2 heterocycles. The molecule has 0 bridgehead atoms. The van der Waals surface area contributed by atoms with Crippen LogP contribution >= 0.6 is 8.15 Å². The summed E-state index contributed by atoms with van der Waals surface area (Å²) in [6.45, 7) is 27.3. The van der Waals surface area contributed by atoms with Gasteiger partial charge in [-0.25, -0.2) is 0 Å². The van der Waals surface area contributed by atoms with E-state index in [1.165, 1.54) is 25.5 Å². The van der Waals surface area contributed by atoms with E-state index < -0.39 is 8.15 Å². The van der Waals surface area contributed by atoms with Gasteiger partial charge in [-0.2, -0.15) is 0 Å². The Kier molecular flexibility index (Phi) is 22.6. The highest BCUT2D eigenvalue weighted by atomic mass is 31.1. The molecule has 3 aromatic rings. The average Bonchev–Trinajstić information content (AvgIpc) is 3.74. The first kappa shape index (κ1) is 46.4. The molecule has 1 aliphatic rings. The minimum atomic E-state index is -0.620. The molecule has 1 aromatic heterocycles. The van der Waals surface area contributed by atoms with Crippen LogP contribution in [0.1, 0.15) is 82.5 Å². The number of H-pyrrole nitrogens is 1. The third-order valence-electron chi connectivity index (χ3n) is 8.88. The van der Waals surface area contributed by atoms with Crippen molar-refractivity contribution in [2.45, 2.75) is 96.4 Å². The molecule has 1 saturated heterocycles. The summed E-state index contributed by atoms with van der Waals surface area (Å²) in [5.74, 6) is 0.